The first-order valence-electron chi connectivity index (χ1n) is 9.50. The fourth-order valence-corrected chi connectivity index (χ4v) is 3.55. The second kappa shape index (κ2) is 7.51. The van der Waals surface area contributed by atoms with Crippen molar-refractivity contribution in [1.82, 2.24) is 9.78 Å². The molecule has 7 nitrogen and oxygen atoms in total. The molecule has 4 aromatic rings. The highest BCUT2D eigenvalue weighted by Crippen LogP contribution is 2.31. The van der Waals surface area contributed by atoms with E-state index < -0.39 is 5.97 Å². The Morgan fingerprint density at radius 3 is 2.70 bits per heavy atom. The lowest BCUT2D eigenvalue weighted by atomic mass is 10.0. The van der Waals surface area contributed by atoms with Crippen LogP contribution in [0.25, 0.3) is 22.3 Å². The molecule has 0 radical (unpaired) electrons. The van der Waals surface area contributed by atoms with Gasteiger partial charge in [-0.3, -0.25) is 9.48 Å². The number of aromatic carboxylic acids is 1. The van der Waals surface area contributed by atoms with E-state index in [9.17, 15) is 14.7 Å². The average Bonchev–Trinajstić information content (AvgIpc) is 3.14. The van der Waals surface area contributed by atoms with E-state index in [4.69, 9.17) is 4.42 Å². The summed E-state index contributed by atoms with van der Waals surface area (Å²) < 4.78 is 7.80. The van der Waals surface area contributed by atoms with Crippen molar-refractivity contribution >= 4 is 22.6 Å². The number of nitrogens with zero attached hydrogens (tertiary/aromatic N) is 2. The molecule has 2 N–H and O–H groups in total. The molecule has 0 aliphatic rings. The third-order valence-corrected chi connectivity index (χ3v) is 4.99. The third kappa shape index (κ3) is 3.57. The first kappa shape index (κ1) is 19.4. The van der Waals surface area contributed by atoms with Crippen molar-refractivity contribution in [3.8, 4) is 11.3 Å². The van der Waals surface area contributed by atoms with Crippen LogP contribution in [-0.2, 0) is 7.05 Å². The molecule has 0 aliphatic carbocycles. The number of fused-ring (bicyclic) bond motifs is 1. The summed E-state index contributed by atoms with van der Waals surface area (Å²) in [5.41, 5.74) is 3.40. The standard InChI is InChI=1S/C23H21N3O4/c1-13-8-17(14(2)25-19-7-5-4-6-16(19)23(28)29)22-18(9-13)20(27)10-21(30-22)15-11-24-26(3)12-15/h4-12,14,25H,1-3H3,(H,28,29). The minimum atomic E-state index is -1.01. The lowest BCUT2D eigenvalue weighted by molar-refractivity contribution is 0.0698. The Kier molecular flexibility index (Phi) is 4.87. The number of benzene rings is 2. The average molecular weight is 403 g/mol. The second-order valence-electron chi connectivity index (χ2n) is 7.33. The lowest BCUT2D eigenvalue weighted by Crippen LogP contribution is -2.12. The van der Waals surface area contributed by atoms with Gasteiger partial charge in [0.1, 0.15) is 11.3 Å². The number of hydrogen-bond acceptors (Lipinski definition) is 5. The molecule has 2 heterocycles. The molecule has 7 heteroatoms. The van der Waals surface area contributed by atoms with E-state index in [1.54, 1.807) is 54.5 Å². The van der Waals surface area contributed by atoms with Gasteiger partial charge in [0.25, 0.3) is 0 Å². The van der Waals surface area contributed by atoms with Gasteiger partial charge in [0, 0.05) is 30.6 Å². The van der Waals surface area contributed by atoms with Crippen LogP contribution in [0.4, 0.5) is 5.69 Å². The topological polar surface area (TPSA) is 97.4 Å². The fourth-order valence-electron chi connectivity index (χ4n) is 3.55. The molecule has 0 saturated carbocycles. The molecule has 0 bridgehead atoms. The first-order chi connectivity index (χ1) is 14.3. The van der Waals surface area contributed by atoms with Gasteiger partial charge in [-0.05, 0) is 37.6 Å². The molecule has 4 rings (SSSR count). The molecule has 0 fully saturated rings. The Hall–Kier alpha value is -3.87. The Morgan fingerprint density at radius 1 is 1.23 bits per heavy atom. The van der Waals surface area contributed by atoms with Gasteiger partial charge in [0.15, 0.2) is 5.43 Å². The smallest absolute Gasteiger partial charge is 0.337 e. The van der Waals surface area contributed by atoms with Crippen molar-refractivity contribution in [1.29, 1.82) is 0 Å². The van der Waals surface area contributed by atoms with E-state index in [0.717, 1.165) is 11.1 Å². The molecule has 1 unspecified atom stereocenters. The van der Waals surface area contributed by atoms with Gasteiger partial charge in [-0.1, -0.05) is 18.2 Å². The van der Waals surface area contributed by atoms with E-state index in [2.05, 4.69) is 10.4 Å². The number of carboxylic acids is 1. The first-order valence-corrected chi connectivity index (χ1v) is 9.50. The highest BCUT2D eigenvalue weighted by molar-refractivity contribution is 5.94. The maximum atomic E-state index is 12.8. The van der Waals surface area contributed by atoms with Gasteiger partial charge in [-0.25, -0.2) is 4.79 Å². The molecule has 2 aromatic carbocycles. The molecular weight excluding hydrogens is 382 g/mol. The van der Waals surface area contributed by atoms with Crippen molar-refractivity contribution in [3.05, 3.63) is 81.8 Å². The van der Waals surface area contributed by atoms with Crippen molar-refractivity contribution in [2.45, 2.75) is 19.9 Å². The summed E-state index contributed by atoms with van der Waals surface area (Å²) in [7, 11) is 1.79. The monoisotopic (exact) mass is 403 g/mol. The number of carboxylic acid groups (broad SMARTS) is 1. The number of para-hydroxylation sites is 1. The summed E-state index contributed by atoms with van der Waals surface area (Å²) in [6.45, 7) is 3.82. The molecular formula is C23H21N3O4. The van der Waals surface area contributed by atoms with Gasteiger partial charge in [0.05, 0.1) is 28.8 Å². The van der Waals surface area contributed by atoms with Crippen LogP contribution in [0.3, 0.4) is 0 Å². The highest BCUT2D eigenvalue weighted by atomic mass is 16.4. The summed E-state index contributed by atoms with van der Waals surface area (Å²) in [4.78, 5) is 24.4. The molecule has 0 amide bonds. The van der Waals surface area contributed by atoms with E-state index in [0.29, 0.717) is 28.0 Å². The van der Waals surface area contributed by atoms with Gasteiger partial charge in [0.2, 0.25) is 0 Å². The van der Waals surface area contributed by atoms with Crippen LogP contribution in [0.15, 0.2) is 64.1 Å². The molecule has 2 aromatic heterocycles. The number of rotatable bonds is 5. The number of hydrogen-bond donors (Lipinski definition) is 2. The van der Waals surface area contributed by atoms with E-state index in [1.807, 2.05) is 19.9 Å². The van der Waals surface area contributed by atoms with Crippen LogP contribution in [0.2, 0.25) is 0 Å². The zero-order valence-electron chi connectivity index (χ0n) is 16.8. The van der Waals surface area contributed by atoms with Crippen LogP contribution >= 0.6 is 0 Å². The molecule has 0 spiro atoms. The van der Waals surface area contributed by atoms with Gasteiger partial charge in [-0.15, -0.1) is 0 Å². The number of aryl methyl sites for hydroxylation is 2. The Balaban J connectivity index is 1.84. The van der Waals surface area contributed by atoms with Crippen LogP contribution < -0.4 is 10.7 Å². The summed E-state index contributed by atoms with van der Waals surface area (Å²) in [5.74, 6) is -0.575. The molecule has 0 saturated heterocycles. The quantitative estimate of drug-likeness (QED) is 0.513. The minimum absolute atomic E-state index is 0.141. The van der Waals surface area contributed by atoms with Gasteiger partial charge >= 0.3 is 5.97 Å². The fraction of sp³-hybridized carbons (Fsp3) is 0.174. The van der Waals surface area contributed by atoms with Gasteiger partial charge < -0.3 is 14.8 Å². The largest absolute Gasteiger partial charge is 0.478 e. The Morgan fingerprint density at radius 2 is 2.00 bits per heavy atom. The maximum absolute atomic E-state index is 12.8. The molecule has 1 atom stereocenters. The van der Waals surface area contributed by atoms with E-state index in [1.165, 1.54) is 6.07 Å². The number of carbonyl (C=O) groups is 1. The van der Waals surface area contributed by atoms with Crippen molar-refractivity contribution < 1.29 is 14.3 Å². The minimum Gasteiger partial charge on any atom is -0.478 e. The normalized spacial score (nSPS) is 12.1. The Bertz CT molecular complexity index is 1320. The zero-order chi connectivity index (χ0) is 21.4. The number of anilines is 1. The molecule has 30 heavy (non-hydrogen) atoms. The van der Waals surface area contributed by atoms with E-state index >= 15 is 0 Å². The zero-order valence-corrected chi connectivity index (χ0v) is 16.8. The second-order valence-corrected chi connectivity index (χ2v) is 7.33. The molecule has 0 aliphatic heterocycles. The third-order valence-electron chi connectivity index (χ3n) is 4.99. The highest BCUT2D eigenvalue weighted by Gasteiger charge is 2.18. The van der Waals surface area contributed by atoms with Crippen LogP contribution in [-0.4, -0.2) is 20.9 Å². The number of nitrogens with one attached hydrogen (secondary N) is 1. The van der Waals surface area contributed by atoms with Crippen molar-refractivity contribution in [3.63, 3.8) is 0 Å². The predicted octanol–water partition coefficient (Wildman–Crippen LogP) is 4.37. The Labute approximate surface area is 172 Å². The molecule has 152 valence electrons. The van der Waals surface area contributed by atoms with Crippen LogP contribution in [0.1, 0.15) is 34.5 Å². The lowest BCUT2D eigenvalue weighted by Gasteiger charge is -2.19. The maximum Gasteiger partial charge on any atom is 0.337 e. The summed E-state index contributed by atoms with van der Waals surface area (Å²) in [6, 6.07) is 11.6. The van der Waals surface area contributed by atoms with Crippen LogP contribution in [0.5, 0.6) is 0 Å². The van der Waals surface area contributed by atoms with Gasteiger partial charge in [-0.2, -0.15) is 5.10 Å². The predicted molar refractivity (Wildman–Crippen MR) is 115 cm³/mol. The summed E-state index contributed by atoms with van der Waals surface area (Å²) >= 11 is 0. The van der Waals surface area contributed by atoms with E-state index in [-0.39, 0.29) is 17.0 Å². The SMILES string of the molecule is Cc1cc(C(C)Nc2ccccc2C(=O)O)c2oc(-c3cnn(C)c3)cc(=O)c2c1. The summed E-state index contributed by atoms with van der Waals surface area (Å²) in [6.07, 6.45) is 3.42. The summed E-state index contributed by atoms with van der Waals surface area (Å²) in [5, 5.41) is 17.3. The van der Waals surface area contributed by atoms with Crippen molar-refractivity contribution in [2.24, 2.45) is 7.05 Å². The van der Waals surface area contributed by atoms with Crippen LogP contribution in [0, 0.1) is 6.92 Å². The van der Waals surface area contributed by atoms with Crippen molar-refractivity contribution in [2.75, 3.05) is 5.32 Å². The number of aromatic nitrogens is 2.